The fourth-order valence-corrected chi connectivity index (χ4v) is 5.06. The molecule has 37 heavy (non-hydrogen) atoms. The largest absolute Gasteiger partial charge is 0.497 e. The average molecular weight is 522 g/mol. The molecule has 0 unspecified atom stereocenters. The van der Waals surface area contributed by atoms with Gasteiger partial charge in [-0.25, -0.2) is 9.89 Å². The number of nitrogens with one attached hydrogen (secondary N) is 2. The second-order valence-electron chi connectivity index (χ2n) is 8.70. The SMILES string of the molecule is CCCCNC(=O)C[C@@H]1N=C2c3ccccc3N=C(S[C@@H](CC)C(=O)Nc3cccc(OC)c3)N2C1=O. The van der Waals surface area contributed by atoms with Crippen molar-refractivity contribution < 1.29 is 19.1 Å². The highest BCUT2D eigenvalue weighted by atomic mass is 32.2. The van der Waals surface area contributed by atoms with Crippen LogP contribution in [0.5, 0.6) is 5.75 Å². The number of amides is 3. The van der Waals surface area contributed by atoms with E-state index in [-0.39, 0.29) is 24.1 Å². The molecule has 9 nitrogen and oxygen atoms in total. The Labute approximate surface area is 220 Å². The molecule has 2 aliphatic heterocycles. The molecule has 2 aliphatic rings. The van der Waals surface area contributed by atoms with Crippen LogP contribution in [-0.2, 0) is 14.4 Å². The van der Waals surface area contributed by atoms with E-state index in [1.807, 2.05) is 38.1 Å². The first kappa shape index (κ1) is 26.4. The van der Waals surface area contributed by atoms with Crippen molar-refractivity contribution in [3.63, 3.8) is 0 Å². The fourth-order valence-electron chi connectivity index (χ4n) is 4.04. The number of methoxy groups -OCH3 is 1. The number of carbonyl (C=O) groups excluding carboxylic acids is 3. The summed E-state index contributed by atoms with van der Waals surface area (Å²) < 4.78 is 5.24. The van der Waals surface area contributed by atoms with Crippen LogP contribution in [0.1, 0.15) is 45.1 Å². The van der Waals surface area contributed by atoms with Gasteiger partial charge in [-0.3, -0.25) is 19.4 Å². The molecule has 2 N–H and O–H groups in total. The predicted molar refractivity (Wildman–Crippen MR) is 147 cm³/mol. The van der Waals surface area contributed by atoms with Crippen molar-refractivity contribution in [2.24, 2.45) is 9.98 Å². The highest BCUT2D eigenvalue weighted by Gasteiger charge is 2.43. The summed E-state index contributed by atoms with van der Waals surface area (Å²) in [6.07, 6.45) is 2.33. The number of rotatable bonds is 10. The van der Waals surface area contributed by atoms with Gasteiger partial charge in [0.15, 0.2) is 5.17 Å². The van der Waals surface area contributed by atoms with Gasteiger partial charge < -0.3 is 15.4 Å². The number of unbranched alkanes of at least 4 members (excludes halogenated alkanes) is 1. The minimum atomic E-state index is -0.834. The maximum absolute atomic E-state index is 13.4. The highest BCUT2D eigenvalue weighted by Crippen LogP contribution is 2.36. The third-order valence-electron chi connectivity index (χ3n) is 6.03. The summed E-state index contributed by atoms with van der Waals surface area (Å²) in [5.74, 6) is 0.371. The van der Waals surface area contributed by atoms with Gasteiger partial charge in [0.2, 0.25) is 11.8 Å². The van der Waals surface area contributed by atoms with Crippen molar-refractivity contribution in [1.29, 1.82) is 0 Å². The number of benzene rings is 2. The maximum Gasteiger partial charge on any atom is 0.259 e. The second-order valence-corrected chi connectivity index (χ2v) is 9.87. The number of aliphatic imine (C=N–C) groups is 2. The second kappa shape index (κ2) is 12.1. The maximum atomic E-state index is 13.4. The quantitative estimate of drug-likeness (QED) is 0.457. The molecular formula is C27H31N5O4S. The number of anilines is 1. The first-order chi connectivity index (χ1) is 17.9. The summed E-state index contributed by atoms with van der Waals surface area (Å²) in [6.45, 7) is 4.53. The summed E-state index contributed by atoms with van der Waals surface area (Å²) in [5, 5.41) is 5.64. The van der Waals surface area contributed by atoms with Crippen LogP contribution >= 0.6 is 11.8 Å². The van der Waals surface area contributed by atoms with E-state index in [0.717, 1.165) is 18.4 Å². The molecule has 0 saturated carbocycles. The van der Waals surface area contributed by atoms with Crippen LogP contribution in [0.4, 0.5) is 11.4 Å². The zero-order valence-electron chi connectivity index (χ0n) is 21.2. The minimum Gasteiger partial charge on any atom is -0.497 e. The monoisotopic (exact) mass is 521 g/mol. The molecule has 2 aromatic carbocycles. The van der Waals surface area contributed by atoms with Crippen LogP contribution in [-0.4, -0.2) is 58.6 Å². The van der Waals surface area contributed by atoms with E-state index in [4.69, 9.17) is 9.73 Å². The van der Waals surface area contributed by atoms with Crippen molar-refractivity contribution >= 4 is 51.9 Å². The van der Waals surface area contributed by atoms with Gasteiger partial charge in [0.05, 0.1) is 24.5 Å². The molecule has 2 atom stereocenters. The van der Waals surface area contributed by atoms with Gasteiger partial charge >= 0.3 is 0 Å². The van der Waals surface area contributed by atoms with Crippen molar-refractivity contribution in [2.75, 3.05) is 19.0 Å². The minimum absolute atomic E-state index is 0.0316. The lowest BCUT2D eigenvalue weighted by Crippen LogP contribution is -2.43. The molecule has 194 valence electrons. The molecule has 0 bridgehead atoms. The number of thioether (sulfide) groups is 1. The van der Waals surface area contributed by atoms with E-state index in [2.05, 4.69) is 15.6 Å². The molecule has 2 heterocycles. The third kappa shape index (κ3) is 6.02. The Balaban J connectivity index is 1.55. The number of ether oxygens (including phenoxy) is 1. The Morgan fingerprint density at radius 1 is 1.16 bits per heavy atom. The smallest absolute Gasteiger partial charge is 0.259 e. The Kier molecular flexibility index (Phi) is 8.60. The van der Waals surface area contributed by atoms with Gasteiger partial charge in [0.1, 0.15) is 17.6 Å². The zero-order chi connectivity index (χ0) is 26.4. The molecule has 4 rings (SSSR count). The molecule has 0 saturated heterocycles. The molecule has 0 aliphatic carbocycles. The summed E-state index contributed by atoms with van der Waals surface area (Å²) >= 11 is 1.21. The van der Waals surface area contributed by atoms with E-state index >= 15 is 0 Å². The number of nitrogens with zero attached hydrogens (tertiary/aromatic N) is 3. The highest BCUT2D eigenvalue weighted by molar-refractivity contribution is 8.15. The van der Waals surface area contributed by atoms with Gasteiger partial charge in [-0.2, -0.15) is 0 Å². The first-order valence-corrected chi connectivity index (χ1v) is 13.3. The van der Waals surface area contributed by atoms with Crippen molar-refractivity contribution in [2.45, 2.75) is 50.8 Å². The Hall–Kier alpha value is -3.66. The molecule has 10 heteroatoms. The Morgan fingerprint density at radius 2 is 1.97 bits per heavy atom. The van der Waals surface area contributed by atoms with Crippen LogP contribution in [0.25, 0.3) is 0 Å². The number of hydrogen-bond acceptors (Lipinski definition) is 7. The average Bonchev–Trinajstić information content (AvgIpc) is 3.23. The van der Waals surface area contributed by atoms with Crippen LogP contribution in [0, 0.1) is 0 Å². The van der Waals surface area contributed by atoms with Gasteiger partial charge in [-0.05, 0) is 37.1 Å². The van der Waals surface area contributed by atoms with Crippen molar-refractivity contribution in [3.8, 4) is 5.75 Å². The summed E-state index contributed by atoms with van der Waals surface area (Å²) in [6, 6.07) is 13.7. The van der Waals surface area contributed by atoms with Gasteiger partial charge in [0.25, 0.3) is 5.91 Å². The topological polar surface area (TPSA) is 112 Å². The Bertz CT molecular complexity index is 1240. The molecule has 0 radical (unpaired) electrons. The standard InChI is InChI=1S/C27H31N5O4S/c1-4-6-14-28-23(33)16-21-26(35)32-24(30-21)19-12-7-8-13-20(19)31-27(32)37-22(5-2)25(34)29-17-10-9-11-18(15-17)36-3/h7-13,15,21-22H,4-6,14,16H2,1-3H3,(H,28,33)(H,29,34)/t21-,22-/m0/s1. The summed E-state index contributed by atoms with van der Waals surface area (Å²) in [5.41, 5.74) is 2.01. The number of amidine groups is 2. The van der Waals surface area contributed by atoms with E-state index < -0.39 is 11.3 Å². The van der Waals surface area contributed by atoms with Crippen molar-refractivity contribution in [3.05, 3.63) is 54.1 Å². The fraction of sp³-hybridized carbons (Fsp3) is 0.370. The first-order valence-electron chi connectivity index (χ1n) is 12.4. The van der Waals surface area contributed by atoms with Crippen LogP contribution < -0.4 is 15.4 Å². The van der Waals surface area contributed by atoms with Gasteiger partial charge in [-0.15, -0.1) is 0 Å². The molecule has 0 fully saturated rings. The van der Waals surface area contributed by atoms with Gasteiger partial charge in [-0.1, -0.05) is 50.2 Å². The number of fused-ring (bicyclic) bond motifs is 3. The predicted octanol–water partition coefficient (Wildman–Crippen LogP) is 4.11. The van der Waals surface area contributed by atoms with Crippen molar-refractivity contribution in [1.82, 2.24) is 10.2 Å². The number of carbonyl (C=O) groups is 3. The third-order valence-corrected chi connectivity index (χ3v) is 7.34. The normalized spacial score (nSPS) is 16.8. The van der Waals surface area contributed by atoms with Gasteiger partial charge in [0, 0.05) is 23.9 Å². The van der Waals surface area contributed by atoms with E-state index in [1.54, 1.807) is 31.4 Å². The van der Waals surface area contributed by atoms with Crippen LogP contribution in [0.2, 0.25) is 0 Å². The molecular weight excluding hydrogens is 490 g/mol. The van der Waals surface area contributed by atoms with Crippen LogP contribution in [0.3, 0.4) is 0 Å². The molecule has 2 aromatic rings. The summed E-state index contributed by atoms with van der Waals surface area (Å²) in [7, 11) is 1.57. The van der Waals surface area contributed by atoms with E-state index in [0.29, 0.717) is 41.1 Å². The number of hydrogen-bond donors (Lipinski definition) is 2. The lowest BCUT2D eigenvalue weighted by Gasteiger charge is -2.27. The van der Waals surface area contributed by atoms with Crippen LogP contribution in [0.15, 0.2) is 58.5 Å². The zero-order valence-corrected chi connectivity index (χ0v) is 22.0. The van der Waals surface area contributed by atoms with E-state index in [1.165, 1.54) is 16.7 Å². The Morgan fingerprint density at radius 3 is 2.73 bits per heavy atom. The lowest BCUT2D eigenvalue weighted by molar-refractivity contribution is -0.128. The number of para-hydroxylation sites is 1. The van der Waals surface area contributed by atoms with E-state index in [9.17, 15) is 14.4 Å². The molecule has 0 aromatic heterocycles. The molecule has 0 spiro atoms. The molecule has 3 amide bonds. The summed E-state index contributed by atoms with van der Waals surface area (Å²) in [4.78, 5) is 49.9. The lowest BCUT2D eigenvalue weighted by atomic mass is 10.1.